The van der Waals surface area contributed by atoms with Gasteiger partial charge in [-0.25, -0.2) is 0 Å². The van der Waals surface area contributed by atoms with Gasteiger partial charge in [-0.05, 0) is 37.8 Å². The van der Waals surface area contributed by atoms with E-state index < -0.39 is 0 Å². The van der Waals surface area contributed by atoms with Gasteiger partial charge < -0.3 is 9.80 Å². The van der Waals surface area contributed by atoms with Crippen molar-refractivity contribution in [1.82, 2.24) is 9.80 Å². The summed E-state index contributed by atoms with van der Waals surface area (Å²) < 4.78 is 0. The number of hydrogen-bond acceptors (Lipinski definition) is 3. The second-order valence-electron chi connectivity index (χ2n) is 5.31. The molecule has 2 rings (SSSR count). The summed E-state index contributed by atoms with van der Waals surface area (Å²) in [6.07, 6.45) is 4.36. The smallest absolute Gasteiger partial charge is 0.222 e. The molecule has 2 aliphatic heterocycles. The van der Waals surface area contributed by atoms with Crippen molar-refractivity contribution in [2.45, 2.75) is 25.7 Å². The third kappa shape index (κ3) is 2.54. The molecule has 0 radical (unpaired) electrons. The van der Waals surface area contributed by atoms with Crippen LogP contribution in [0, 0.1) is 5.41 Å². The van der Waals surface area contributed by atoms with E-state index in [9.17, 15) is 4.79 Å². The number of carbonyl (C=O) groups is 1. The van der Waals surface area contributed by atoms with Crippen LogP contribution in [0.5, 0.6) is 0 Å². The number of piperidine rings is 2. The Kier molecular flexibility index (Phi) is 3.80. The van der Waals surface area contributed by atoms with Crippen molar-refractivity contribution in [2.75, 3.05) is 39.0 Å². The molecule has 0 aromatic carbocycles. The summed E-state index contributed by atoms with van der Waals surface area (Å²) in [4.78, 5) is 16.1. The molecule has 0 atom stereocenters. The summed E-state index contributed by atoms with van der Waals surface area (Å²) in [5, 5.41) is 0. The number of amides is 1. The largest absolute Gasteiger partial charge is 0.346 e. The third-order valence-corrected chi connectivity index (χ3v) is 4.46. The van der Waals surface area contributed by atoms with Crippen LogP contribution in [-0.2, 0) is 4.79 Å². The molecule has 2 heterocycles. The summed E-state index contributed by atoms with van der Waals surface area (Å²) in [5.74, 6) is 1.28. The summed E-state index contributed by atoms with van der Waals surface area (Å²) in [5.41, 5.74) is 0.330. The first-order chi connectivity index (χ1) is 7.65. The summed E-state index contributed by atoms with van der Waals surface area (Å²) >= 11 is 4.27. The SMILES string of the molecule is CN1CCC2(CCN(CCS)CC2)CC1=O. The van der Waals surface area contributed by atoms with Crippen molar-refractivity contribution in [3.8, 4) is 0 Å². The molecule has 3 nitrogen and oxygen atoms in total. The van der Waals surface area contributed by atoms with E-state index in [0.29, 0.717) is 11.3 Å². The van der Waals surface area contributed by atoms with Crippen molar-refractivity contribution in [3.05, 3.63) is 0 Å². The Morgan fingerprint density at radius 3 is 2.44 bits per heavy atom. The number of thiol groups is 1. The molecule has 0 aromatic heterocycles. The highest BCUT2D eigenvalue weighted by Crippen LogP contribution is 2.41. The van der Waals surface area contributed by atoms with Crippen LogP contribution >= 0.6 is 12.6 Å². The van der Waals surface area contributed by atoms with Crippen molar-refractivity contribution in [2.24, 2.45) is 5.41 Å². The van der Waals surface area contributed by atoms with Crippen LogP contribution in [0.2, 0.25) is 0 Å². The van der Waals surface area contributed by atoms with Crippen LogP contribution in [0.25, 0.3) is 0 Å². The van der Waals surface area contributed by atoms with Crippen LogP contribution in [0.1, 0.15) is 25.7 Å². The third-order valence-electron chi connectivity index (χ3n) is 4.26. The average Bonchev–Trinajstić information content (AvgIpc) is 2.28. The van der Waals surface area contributed by atoms with Crippen LogP contribution in [0.15, 0.2) is 0 Å². The van der Waals surface area contributed by atoms with E-state index >= 15 is 0 Å². The van der Waals surface area contributed by atoms with E-state index in [0.717, 1.165) is 38.4 Å². The molecule has 2 fully saturated rings. The van der Waals surface area contributed by atoms with E-state index in [1.165, 1.54) is 19.3 Å². The normalized spacial score (nSPS) is 26.4. The average molecular weight is 242 g/mol. The lowest BCUT2D eigenvalue weighted by Crippen LogP contribution is -2.48. The van der Waals surface area contributed by atoms with Crippen LogP contribution < -0.4 is 0 Å². The van der Waals surface area contributed by atoms with Gasteiger partial charge in [0, 0.05) is 32.3 Å². The molecule has 2 aliphatic rings. The highest BCUT2D eigenvalue weighted by molar-refractivity contribution is 7.80. The maximum Gasteiger partial charge on any atom is 0.222 e. The van der Waals surface area contributed by atoms with Gasteiger partial charge in [-0.15, -0.1) is 0 Å². The number of carbonyl (C=O) groups excluding carboxylic acids is 1. The first-order valence-corrected chi connectivity index (χ1v) is 6.86. The van der Waals surface area contributed by atoms with Gasteiger partial charge in [-0.1, -0.05) is 0 Å². The number of rotatable bonds is 2. The summed E-state index contributed by atoms with van der Waals surface area (Å²) in [7, 11) is 1.92. The van der Waals surface area contributed by atoms with E-state index in [-0.39, 0.29) is 0 Å². The molecule has 4 heteroatoms. The Bertz CT molecular complexity index is 262. The van der Waals surface area contributed by atoms with Gasteiger partial charge in [0.15, 0.2) is 0 Å². The molecule has 0 unspecified atom stereocenters. The van der Waals surface area contributed by atoms with Gasteiger partial charge in [0.1, 0.15) is 0 Å². The monoisotopic (exact) mass is 242 g/mol. The predicted molar refractivity (Wildman–Crippen MR) is 68.8 cm³/mol. The Morgan fingerprint density at radius 2 is 1.88 bits per heavy atom. The molecule has 1 amide bonds. The predicted octanol–water partition coefficient (Wildman–Crippen LogP) is 1.25. The van der Waals surface area contributed by atoms with Crippen LogP contribution in [0.3, 0.4) is 0 Å². The lowest BCUT2D eigenvalue weighted by atomic mass is 9.71. The summed E-state index contributed by atoms with van der Waals surface area (Å²) in [6.45, 7) is 4.34. The Morgan fingerprint density at radius 1 is 1.25 bits per heavy atom. The van der Waals surface area contributed by atoms with Gasteiger partial charge in [0.05, 0.1) is 0 Å². The molecule has 0 aromatic rings. The molecule has 0 bridgehead atoms. The van der Waals surface area contributed by atoms with Crippen LogP contribution in [-0.4, -0.2) is 54.7 Å². The molecule has 1 spiro atoms. The fraction of sp³-hybridized carbons (Fsp3) is 0.917. The Labute approximate surface area is 104 Å². The quantitative estimate of drug-likeness (QED) is 0.737. The van der Waals surface area contributed by atoms with Gasteiger partial charge in [-0.3, -0.25) is 4.79 Å². The highest BCUT2D eigenvalue weighted by atomic mass is 32.1. The maximum absolute atomic E-state index is 11.8. The molecule has 16 heavy (non-hydrogen) atoms. The van der Waals surface area contributed by atoms with E-state index in [2.05, 4.69) is 17.5 Å². The zero-order chi connectivity index (χ0) is 11.6. The number of likely N-dealkylation sites (tertiary alicyclic amines) is 2. The molecule has 0 saturated carbocycles. The molecular formula is C12H22N2OS. The second kappa shape index (κ2) is 4.96. The first kappa shape index (κ1) is 12.2. The lowest BCUT2D eigenvalue weighted by molar-refractivity contribution is -0.138. The van der Waals surface area contributed by atoms with E-state index in [1.807, 2.05) is 11.9 Å². The van der Waals surface area contributed by atoms with Gasteiger partial charge in [0.2, 0.25) is 5.91 Å². The van der Waals surface area contributed by atoms with Crippen LogP contribution in [0.4, 0.5) is 0 Å². The molecular weight excluding hydrogens is 220 g/mol. The Balaban J connectivity index is 1.89. The number of hydrogen-bond donors (Lipinski definition) is 1. The zero-order valence-corrected chi connectivity index (χ0v) is 11.0. The topological polar surface area (TPSA) is 23.6 Å². The maximum atomic E-state index is 11.8. The highest BCUT2D eigenvalue weighted by Gasteiger charge is 2.39. The van der Waals surface area contributed by atoms with Crippen molar-refractivity contribution in [3.63, 3.8) is 0 Å². The minimum atomic E-state index is 0.330. The summed E-state index contributed by atoms with van der Waals surface area (Å²) in [6, 6.07) is 0. The van der Waals surface area contributed by atoms with Gasteiger partial charge in [-0.2, -0.15) is 12.6 Å². The lowest BCUT2D eigenvalue weighted by Gasteiger charge is -2.45. The first-order valence-electron chi connectivity index (χ1n) is 6.22. The second-order valence-corrected chi connectivity index (χ2v) is 5.75. The van der Waals surface area contributed by atoms with Gasteiger partial charge in [0.25, 0.3) is 0 Å². The van der Waals surface area contributed by atoms with Crippen molar-refractivity contribution in [1.29, 1.82) is 0 Å². The number of nitrogens with zero attached hydrogens (tertiary/aromatic N) is 2. The van der Waals surface area contributed by atoms with Crippen molar-refractivity contribution < 1.29 is 4.79 Å². The Hall–Kier alpha value is -0.220. The fourth-order valence-corrected chi connectivity index (χ4v) is 3.18. The zero-order valence-electron chi connectivity index (χ0n) is 10.1. The minimum Gasteiger partial charge on any atom is -0.346 e. The molecule has 2 saturated heterocycles. The minimum absolute atomic E-state index is 0.330. The van der Waals surface area contributed by atoms with Crippen molar-refractivity contribution >= 4 is 18.5 Å². The van der Waals surface area contributed by atoms with E-state index in [4.69, 9.17) is 0 Å². The van der Waals surface area contributed by atoms with E-state index in [1.54, 1.807) is 0 Å². The fourth-order valence-electron chi connectivity index (χ4n) is 2.89. The molecule has 0 aliphatic carbocycles. The van der Waals surface area contributed by atoms with Gasteiger partial charge >= 0.3 is 0 Å². The standard InChI is InChI=1S/C12H22N2OS/c1-13-5-2-12(10-11(13)15)3-6-14(7-4-12)8-9-16/h16H,2-10H2,1H3. The molecule has 0 N–H and O–H groups in total. The molecule has 92 valence electrons.